The summed E-state index contributed by atoms with van der Waals surface area (Å²) < 4.78 is 1.87. The Kier molecular flexibility index (Phi) is 4.62. The number of likely N-dealkylation sites (tertiary alicyclic amines) is 1. The number of nitrogens with one attached hydrogen (secondary N) is 1. The number of aromatic nitrogens is 2. The Morgan fingerprint density at radius 3 is 2.89 bits per heavy atom. The number of hydrogen-bond donors (Lipinski definition) is 1. The standard InChI is InChI=1S/C21H22N4O2/c1-15(25-14-22-18-8-2-3-9-19(18)25)21(27)23-17-7-4-6-16(12-17)13-24-11-5-10-20(24)26/h2-4,6-9,12,14-15H,5,10-11,13H2,1H3,(H,23,27). The highest BCUT2D eigenvalue weighted by Crippen LogP contribution is 2.20. The lowest BCUT2D eigenvalue weighted by atomic mass is 10.2. The molecule has 2 amide bonds. The summed E-state index contributed by atoms with van der Waals surface area (Å²) in [6.07, 6.45) is 3.25. The maximum Gasteiger partial charge on any atom is 0.247 e. The minimum Gasteiger partial charge on any atom is -0.338 e. The predicted molar refractivity (Wildman–Crippen MR) is 104 cm³/mol. The van der Waals surface area contributed by atoms with Crippen LogP contribution in [-0.4, -0.2) is 32.8 Å². The van der Waals surface area contributed by atoms with Crippen LogP contribution >= 0.6 is 0 Å². The van der Waals surface area contributed by atoms with E-state index in [9.17, 15) is 9.59 Å². The maximum absolute atomic E-state index is 12.7. The van der Waals surface area contributed by atoms with Gasteiger partial charge in [0.15, 0.2) is 0 Å². The van der Waals surface area contributed by atoms with Crippen LogP contribution in [0.3, 0.4) is 0 Å². The van der Waals surface area contributed by atoms with Crippen molar-refractivity contribution in [3.8, 4) is 0 Å². The van der Waals surface area contributed by atoms with Crippen molar-refractivity contribution in [3.05, 3.63) is 60.4 Å². The van der Waals surface area contributed by atoms with E-state index < -0.39 is 0 Å². The molecular weight excluding hydrogens is 340 g/mol. The van der Waals surface area contributed by atoms with Gasteiger partial charge in [-0.1, -0.05) is 24.3 Å². The predicted octanol–water partition coefficient (Wildman–Crippen LogP) is 3.36. The zero-order valence-electron chi connectivity index (χ0n) is 15.3. The highest BCUT2D eigenvalue weighted by atomic mass is 16.2. The molecule has 0 radical (unpaired) electrons. The van der Waals surface area contributed by atoms with Gasteiger partial charge in [-0.2, -0.15) is 0 Å². The average molecular weight is 362 g/mol. The highest BCUT2D eigenvalue weighted by Gasteiger charge is 2.20. The molecule has 1 unspecified atom stereocenters. The number of fused-ring (bicyclic) bond motifs is 1. The number of para-hydroxylation sites is 2. The van der Waals surface area contributed by atoms with Gasteiger partial charge in [-0.3, -0.25) is 9.59 Å². The second-order valence-corrected chi connectivity index (χ2v) is 6.93. The van der Waals surface area contributed by atoms with E-state index in [-0.39, 0.29) is 17.9 Å². The van der Waals surface area contributed by atoms with Crippen molar-refractivity contribution in [2.24, 2.45) is 0 Å². The molecule has 1 atom stereocenters. The summed E-state index contributed by atoms with van der Waals surface area (Å²) in [6, 6.07) is 15.1. The zero-order valence-corrected chi connectivity index (χ0v) is 15.3. The molecule has 0 aliphatic carbocycles. The Labute approximate surface area is 157 Å². The van der Waals surface area contributed by atoms with Gasteiger partial charge in [0.25, 0.3) is 0 Å². The lowest BCUT2D eigenvalue weighted by Crippen LogP contribution is -2.24. The molecule has 2 aromatic carbocycles. The molecule has 1 aromatic heterocycles. The van der Waals surface area contributed by atoms with Crippen LogP contribution in [0.2, 0.25) is 0 Å². The number of carbonyl (C=O) groups is 2. The lowest BCUT2D eigenvalue weighted by Gasteiger charge is -2.17. The number of amides is 2. The summed E-state index contributed by atoms with van der Waals surface area (Å²) in [5.41, 5.74) is 3.56. The van der Waals surface area contributed by atoms with Crippen molar-refractivity contribution in [1.29, 1.82) is 0 Å². The zero-order chi connectivity index (χ0) is 18.8. The van der Waals surface area contributed by atoms with Gasteiger partial charge < -0.3 is 14.8 Å². The minimum atomic E-state index is -0.388. The van der Waals surface area contributed by atoms with E-state index in [1.165, 1.54) is 0 Å². The second kappa shape index (κ2) is 7.23. The van der Waals surface area contributed by atoms with Gasteiger partial charge in [0.05, 0.1) is 17.4 Å². The van der Waals surface area contributed by atoms with E-state index in [0.717, 1.165) is 35.2 Å². The third kappa shape index (κ3) is 3.56. The number of rotatable bonds is 5. The van der Waals surface area contributed by atoms with Gasteiger partial charge in [0, 0.05) is 25.2 Å². The third-order valence-corrected chi connectivity index (χ3v) is 5.02. The highest BCUT2D eigenvalue weighted by molar-refractivity contribution is 5.94. The van der Waals surface area contributed by atoms with Crippen LogP contribution in [0.25, 0.3) is 11.0 Å². The fourth-order valence-corrected chi connectivity index (χ4v) is 3.50. The van der Waals surface area contributed by atoms with Crippen molar-refractivity contribution in [2.75, 3.05) is 11.9 Å². The van der Waals surface area contributed by atoms with E-state index in [0.29, 0.717) is 13.0 Å². The summed E-state index contributed by atoms with van der Waals surface area (Å²) in [4.78, 5) is 30.8. The van der Waals surface area contributed by atoms with Crippen LogP contribution in [0.15, 0.2) is 54.9 Å². The fraction of sp³-hybridized carbons (Fsp3) is 0.286. The Balaban J connectivity index is 1.47. The SMILES string of the molecule is CC(C(=O)Nc1cccc(CN2CCCC2=O)c1)n1cnc2ccccc21. The van der Waals surface area contributed by atoms with Gasteiger partial charge in [0.1, 0.15) is 6.04 Å². The molecule has 2 heterocycles. The van der Waals surface area contributed by atoms with Crippen molar-refractivity contribution in [1.82, 2.24) is 14.5 Å². The van der Waals surface area contributed by atoms with Gasteiger partial charge in [-0.05, 0) is 43.2 Å². The summed E-state index contributed by atoms with van der Waals surface area (Å²) in [5.74, 6) is 0.0950. The first-order chi connectivity index (χ1) is 13.1. The van der Waals surface area contributed by atoms with Gasteiger partial charge >= 0.3 is 0 Å². The van der Waals surface area contributed by atoms with E-state index >= 15 is 0 Å². The first-order valence-electron chi connectivity index (χ1n) is 9.21. The molecule has 4 rings (SSSR count). The molecule has 1 N–H and O–H groups in total. The van der Waals surface area contributed by atoms with Crippen LogP contribution in [0, 0.1) is 0 Å². The summed E-state index contributed by atoms with van der Waals surface area (Å²) in [5, 5.41) is 2.98. The van der Waals surface area contributed by atoms with Crippen LogP contribution in [0.4, 0.5) is 5.69 Å². The first-order valence-corrected chi connectivity index (χ1v) is 9.21. The molecule has 1 fully saturated rings. The molecule has 1 aliphatic rings. The lowest BCUT2D eigenvalue weighted by molar-refractivity contribution is -0.128. The monoisotopic (exact) mass is 362 g/mol. The number of anilines is 1. The molecule has 0 bridgehead atoms. The van der Waals surface area contributed by atoms with Crippen molar-refractivity contribution >= 4 is 28.5 Å². The quantitative estimate of drug-likeness (QED) is 0.757. The molecule has 6 heteroatoms. The van der Waals surface area contributed by atoms with E-state index in [4.69, 9.17) is 0 Å². The number of benzene rings is 2. The smallest absolute Gasteiger partial charge is 0.247 e. The normalized spacial score (nSPS) is 15.3. The molecule has 1 aliphatic heterocycles. The number of imidazole rings is 1. The molecule has 6 nitrogen and oxygen atoms in total. The van der Waals surface area contributed by atoms with Crippen LogP contribution in [0.1, 0.15) is 31.4 Å². The van der Waals surface area contributed by atoms with E-state index in [1.807, 2.05) is 64.9 Å². The Hall–Kier alpha value is -3.15. The Morgan fingerprint density at radius 1 is 1.22 bits per heavy atom. The van der Waals surface area contributed by atoms with Crippen molar-refractivity contribution < 1.29 is 9.59 Å². The van der Waals surface area contributed by atoms with Crippen LogP contribution in [0.5, 0.6) is 0 Å². The largest absolute Gasteiger partial charge is 0.338 e. The third-order valence-electron chi connectivity index (χ3n) is 5.02. The molecule has 3 aromatic rings. The van der Waals surface area contributed by atoms with Crippen LogP contribution in [-0.2, 0) is 16.1 Å². The Morgan fingerprint density at radius 2 is 2.07 bits per heavy atom. The summed E-state index contributed by atoms with van der Waals surface area (Å²) in [6.45, 7) is 3.25. The maximum atomic E-state index is 12.7. The topological polar surface area (TPSA) is 67.2 Å². The number of hydrogen-bond acceptors (Lipinski definition) is 3. The van der Waals surface area contributed by atoms with E-state index in [1.54, 1.807) is 6.33 Å². The molecular formula is C21H22N4O2. The number of nitrogens with zero attached hydrogens (tertiary/aromatic N) is 3. The van der Waals surface area contributed by atoms with Gasteiger partial charge in [-0.25, -0.2) is 4.98 Å². The molecule has 27 heavy (non-hydrogen) atoms. The molecule has 138 valence electrons. The summed E-state index contributed by atoms with van der Waals surface area (Å²) in [7, 11) is 0. The molecule has 0 saturated carbocycles. The van der Waals surface area contributed by atoms with Crippen LogP contribution < -0.4 is 5.32 Å². The van der Waals surface area contributed by atoms with Crippen molar-refractivity contribution in [3.63, 3.8) is 0 Å². The van der Waals surface area contributed by atoms with Crippen molar-refractivity contribution in [2.45, 2.75) is 32.4 Å². The molecule has 0 spiro atoms. The minimum absolute atomic E-state index is 0.104. The molecule has 1 saturated heterocycles. The fourth-order valence-electron chi connectivity index (χ4n) is 3.50. The van der Waals surface area contributed by atoms with Gasteiger partial charge in [0.2, 0.25) is 11.8 Å². The second-order valence-electron chi connectivity index (χ2n) is 6.93. The first kappa shape index (κ1) is 17.3. The number of carbonyl (C=O) groups excluding carboxylic acids is 2. The average Bonchev–Trinajstić information content (AvgIpc) is 3.28. The Bertz CT molecular complexity index is 995. The van der Waals surface area contributed by atoms with Gasteiger partial charge in [-0.15, -0.1) is 0 Å². The summed E-state index contributed by atoms with van der Waals surface area (Å²) >= 11 is 0. The van der Waals surface area contributed by atoms with E-state index in [2.05, 4.69) is 10.3 Å².